The Bertz CT molecular complexity index is 953. The second-order valence-corrected chi connectivity index (χ2v) is 8.36. The molecule has 3 atom stereocenters. The Morgan fingerprint density at radius 3 is 2.66 bits per heavy atom. The molecular weight excluding hydrogens is 411 g/mol. The number of methoxy groups -OCH3 is 1. The van der Waals surface area contributed by atoms with Crippen LogP contribution in [0, 0.1) is 11.7 Å². The molecule has 3 N–H and O–H groups in total. The standard InChI is InChI=1S/C24H29FN4O3/c1-32-17-12-10-16(11-13-17)14-29(24(31)27-21-9-5-3-7-19(21)25)15-22-26-20-8-4-2-6-18(20)23(30)28-22/h3,5,7,9-13,18,20,22,26H,2,4,6,8,14-15H2,1H3,(H,27,31)(H,28,30). The number of rotatable bonds is 6. The molecule has 32 heavy (non-hydrogen) atoms. The number of halogens is 1. The number of hydrogen-bond acceptors (Lipinski definition) is 4. The van der Waals surface area contributed by atoms with E-state index < -0.39 is 11.8 Å². The smallest absolute Gasteiger partial charge is 0.322 e. The number of ether oxygens (including phenoxy) is 1. The molecule has 0 radical (unpaired) electrons. The van der Waals surface area contributed by atoms with E-state index in [9.17, 15) is 14.0 Å². The molecule has 3 unspecified atom stereocenters. The molecule has 0 aromatic heterocycles. The Kier molecular flexibility index (Phi) is 6.90. The van der Waals surface area contributed by atoms with E-state index in [-0.39, 0.29) is 36.3 Å². The molecule has 8 heteroatoms. The summed E-state index contributed by atoms with van der Waals surface area (Å²) in [5.74, 6) is 0.250. The van der Waals surface area contributed by atoms with E-state index in [1.54, 1.807) is 24.1 Å². The van der Waals surface area contributed by atoms with Crippen molar-refractivity contribution >= 4 is 17.6 Å². The zero-order valence-corrected chi connectivity index (χ0v) is 18.1. The Morgan fingerprint density at radius 1 is 1.16 bits per heavy atom. The van der Waals surface area contributed by atoms with Crippen LogP contribution in [0.15, 0.2) is 48.5 Å². The summed E-state index contributed by atoms with van der Waals surface area (Å²) in [4.78, 5) is 27.3. The monoisotopic (exact) mass is 440 g/mol. The fourth-order valence-electron chi connectivity index (χ4n) is 4.47. The summed E-state index contributed by atoms with van der Waals surface area (Å²) in [6.07, 6.45) is 3.63. The number of anilines is 1. The lowest BCUT2D eigenvalue weighted by atomic mass is 9.82. The maximum absolute atomic E-state index is 14.1. The number of nitrogens with zero attached hydrogens (tertiary/aromatic N) is 1. The van der Waals surface area contributed by atoms with Crippen molar-refractivity contribution in [3.05, 3.63) is 59.9 Å². The van der Waals surface area contributed by atoms with E-state index in [1.165, 1.54) is 12.1 Å². The highest BCUT2D eigenvalue weighted by atomic mass is 19.1. The van der Waals surface area contributed by atoms with Crippen LogP contribution in [0.4, 0.5) is 14.9 Å². The van der Waals surface area contributed by atoms with Gasteiger partial charge in [0.15, 0.2) is 0 Å². The Hall–Kier alpha value is -3.13. The van der Waals surface area contributed by atoms with Crippen LogP contribution in [0.1, 0.15) is 31.2 Å². The number of urea groups is 1. The van der Waals surface area contributed by atoms with Crippen LogP contribution < -0.4 is 20.7 Å². The minimum Gasteiger partial charge on any atom is -0.497 e. The number of nitrogens with one attached hydrogen (secondary N) is 3. The molecule has 1 saturated carbocycles. The molecule has 3 amide bonds. The van der Waals surface area contributed by atoms with E-state index in [2.05, 4.69) is 16.0 Å². The molecule has 0 spiro atoms. The normalized spacial score (nSPS) is 22.4. The first-order valence-corrected chi connectivity index (χ1v) is 11.0. The van der Waals surface area contributed by atoms with Crippen molar-refractivity contribution in [3.8, 4) is 5.75 Å². The van der Waals surface area contributed by atoms with Gasteiger partial charge in [-0.3, -0.25) is 10.1 Å². The summed E-state index contributed by atoms with van der Waals surface area (Å²) in [7, 11) is 1.60. The molecule has 2 aliphatic rings. The van der Waals surface area contributed by atoms with Gasteiger partial charge in [-0.15, -0.1) is 0 Å². The molecule has 2 aromatic rings. The van der Waals surface area contributed by atoms with Gasteiger partial charge in [-0.1, -0.05) is 37.1 Å². The first-order valence-electron chi connectivity index (χ1n) is 11.0. The lowest BCUT2D eigenvalue weighted by Crippen LogP contribution is -2.65. The Morgan fingerprint density at radius 2 is 1.91 bits per heavy atom. The first kappa shape index (κ1) is 22.1. The summed E-state index contributed by atoms with van der Waals surface area (Å²) in [6.45, 7) is 0.549. The Balaban J connectivity index is 1.50. The maximum atomic E-state index is 14.1. The zero-order chi connectivity index (χ0) is 22.5. The largest absolute Gasteiger partial charge is 0.497 e. The topological polar surface area (TPSA) is 82.7 Å². The zero-order valence-electron chi connectivity index (χ0n) is 18.1. The molecule has 1 heterocycles. The highest BCUT2D eigenvalue weighted by molar-refractivity contribution is 5.89. The maximum Gasteiger partial charge on any atom is 0.322 e. The number of benzene rings is 2. The van der Waals surface area contributed by atoms with Gasteiger partial charge < -0.3 is 20.3 Å². The molecule has 1 saturated heterocycles. The van der Waals surface area contributed by atoms with E-state index in [4.69, 9.17) is 4.74 Å². The van der Waals surface area contributed by atoms with Gasteiger partial charge in [0.1, 0.15) is 11.6 Å². The third kappa shape index (κ3) is 5.19. The van der Waals surface area contributed by atoms with Gasteiger partial charge in [0.25, 0.3) is 0 Å². The van der Waals surface area contributed by atoms with Gasteiger partial charge >= 0.3 is 6.03 Å². The highest BCUT2D eigenvalue weighted by Crippen LogP contribution is 2.27. The summed E-state index contributed by atoms with van der Waals surface area (Å²) in [6, 6.07) is 13.2. The van der Waals surface area contributed by atoms with Gasteiger partial charge in [0.05, 0.1) is 31.4 Å². The molecule has 0 bridgehead atoms. The summed E-state index contributed by atoms with van der Waals surface area (Å²) < 4.78 is 19.3. The van der Waals surface area contributed by atoms with E-state index in [0.717, 1.165) is 37.0 Å². The molecule has 4 rings (SSSR count). The summed E-state index contributed by atoms with van der Waals surface area (Å²) >= 11 is 0. The molecule has 2 aromatic carbocycles. The van der Waals surface area contributed by atoms with Gasteiger partial charge in [-0.25, -0.2) is 9.18 Å². The van der Waals surface area contributed by atoms with Crippen molar-refractivity contribution in [2.24, 2.45) is 5.92 Å². The predicted octanol–water partition coefficient (Wildman–Crippen LogP) is 3.47. The predicted molar refractivity (Wildman–Crippen MR) is 120 cm³/mol. The van der Waals surface area contributed by atoms with Gasteiger partial charge in [0, 0.05) is 12.6 Å². The molecular formula is C24H29FN4O3. The number of para-hydroxylation sites is 1. The van der Waals surface area contributed by atoms with E-state index >= 15 is 0 Å². The number of hydrogen-bond donors (Lipinski definition) is 3. The number of carbonyl (C=O) groups excluding carboxylic acids is 2. The minimum absolute atomic E-state index is 0.0118. The van der Waals surface area contributed by atoms with E-state index in [0.29, 0.717) is 6.54 Å². The lowest BCUT2D eigenvalue weighted by Gasteiger charge is -2.41. The third-order valence-corrected chi connectivity index (χ3v) is 6.17. The Labute approximate surface area is 187 Å². The molecule has 7 nitrogen and oxygen atoms in total. The highest BCUT2D eigenvalue weighted by Gasteiger charge is 2.38. The number of fused-ring (bicyclic) bond motifs is 1. The van der Waals surface area contributed by atoms with Crippen LogP contribution in [0.25, 0.3) is 0 Å². The first-order chi connectivity index (χ1) is 15.5. The second kappa shape index (κ2) is 9.99. The fraction of sp³-hybridized carbons (Fsp3) is 0.417. The van der Waals surface area contributed by atoms with Crippen molar-refractivity contribution in [1.29, 1.82) is 0 Å². The van der Waals surface area contributed by atoms with Gasteiger partial charge in [-0.2, -0.15) is 0 Å². The van der Waals surface area contributed by atoms with Gasteiger partial charge in [0.2, 0.25) is 5.91 Å². The van der Waals surface area contributed by atoms with Crippen LogP contribution in [0.2, 0.25) is 0 Å². The number of amides is 3. The number of carbonyl (C=O) groups is 2. The second-order valence-electron chi connectivity index (χ2n) is 8.36. The summed E-state index contributed by atoms with van der Waals surface area (Å²) in [5, 5.41) is 9.17. The van der Waals surface area contributed by atoms with Crippen molar-refractivity contribution in [2.45, 2.75) is 44.4 Å². The molecule has 2 fully saturated rings. The quantitative estimate of drug-likeness (QED) is 0.642. The lowest BCUT2D eigenvalue weighted by molar-refractivity contribution is -0.131. The van der Waals surface area contributed by atoms with Crippen LogP contribution in [0.3, 0.4) is 0 Å². The summed E-state index contributed by atoms with van der Waals surface area (Å²) in [5.41, 5.74) is 1.01. The van der Waals surface area contributed by atoms with Crippen molar-refractivity contribution in [3.63, 3.8) is 0 Å². The van der Waals surface area contributed by atoms with Crippen molar-refractivity contribution < 1.29 is 18.7 Å². The molecule has 170 valence electrons. The van der Waals surface area contributed by atoms with Crippen LogP contribution in [-0.4, -0.2) is 42.7 Å². The van der Waals surface area contributed by atoms with E-state index in [1.807, 2.05) is 24.3 Å². The van der Waals surface area contributed by atoms with Crippen LogP contribution in [-0.2, 0) is 11.3 Å². The van der Waals surface area contributed by atoms with Crippen LogP contribution >= 0.6 is 0 Å². The van der Waals surface area contributed by atoms with Gasteiger partial charge in [-0.05, 0) is 42.7 Å². The minimum atomic E-state index is -0.501. The fourth-order valence-corrected chi connectivity index (χ4v) is 4.47. The van der Waals surface area contributed by atoms with Crippen molar-refractivity contribution in [2.75, 3.05) is 19.0 Å². The average molecular weight is 441 g/mol. The SMILES string of the molecule is COc1ccc(CN(CC2NC(=O)C3CCCCC3N2)C(=O)Nc2ccccc2F)cc1. The van der Waals surface area contributed by atoms with Crippen LogP contribution in [0.5, 0.6) is 5.75 Å². The third-order valence-electron chi connectivity index (χ3n) is 6.17. The molecule has 1 aliphatic carbocycles. The molecule has 1 aliphatic heterocycles. The average Bonchev–Trinajstić information content (AvgIpc) is 2.80. The van der Waals surface area contributed by atoms with Crippen molar-refractivity contribution in [1.82, 2.24) is 15.5 Å².